The number of carbonyl (C=O) groups excluding carboxylic acids is 1. The predicted molar refractivity (Wildman–Crippen MR) is 89.6 cm³/mol. The molecule has 0 atom stereocenters. The van der Waals surface area contributed by atoms with Gasteiger partial charge in [0.2, 0.25) is 0 Å². The molecule has 2 aromatic rings. The number of anilines is 1. The van der Waals surface area contributed by atoms with Gasteiger partial charge in [0, 0.05) is 23.9 Å². The first-order valence-corrected chi connectivity index (χ1v) is 7.25. The summed E-state index contributed by atoms with van der Waals surface area (Å²) in [6.07, 6.45) is 0. The number of carbonyl (C=O) groups is 1. The van der Waals surface area contributed by atoms with E-state index in [-0.39, 0.29) is 12.5 Å². The number of benzene rings is 2. The topological polar surface area (TPSA) is 56.8 Å². The van der Waals surface area contributed by atoms with Crippen molar-refractivity contribution in [1.29, 1.82) is 0 Å². The summed E-state index contributed by atoms with van der Waals surface area (Å²) >= 11 is 0. The van der Waals surface area contributed by atoms with Crippen LogP contribution in [0, 0.1) is 13.8 Å². The summed E-state index contributed by atoms with van der Waals surface area (Å²) in [5, 5.41) is 2.78. The van der Waals surface area contributed by atoms with Crippen LogP contribution < -0.4 is 19.5 Å². The Morgan fingerprint density at radius 2 is 1.57 bits per heavy atom. The van der Waals surface area contributed by atoms with Gasteiger partial charge in [0.25, 0.3) is 5.91 Å². The molecular formula is C18H21NO4. The number of amides is 1. The monoisotopic (exact) mass is 315 g/mol. The van der Waals surface area contributed by atoms with Crippen molar-refractivity contribution in [2.45, 2.75) is 13.8 Å². The number of aryl methyl sites for hydroxylation is 2. The average molecular weight is 315 g/mol. The van der Waals surface area contributed by atoms with E-state index in [9.17, 15) is 4.79 Å². The molecule has 2 rings (SSSR count). The number of hydrogen-bond acceptors (Lipinski definition) is 4. The zero-order chi connectivity index (χ0) is 16.8. The zero-order valence-corrected chi connectivity index (χ0v) is 13.8. The van der Waals surface area contributed by atoms with Crippen molar-refractivity contribution in [1.82, 2.24) is 0 Å². The van der Waals surface area contributed by atoms with Gasteiger partial charge in [0.1, 0.15) is 17.2 Å². The Bertz CT molecular complexity index is 655. The number of methoxy groups -OCH3 is 2. The summed E-state index contributed by atoms with van der Waals surface area (Å²) in [6.45, 7) is 3.84. The summed E-state index contributed by atoms with van der Waals surface area (Å²) < 4.78 is 16.0. The summed E-state index contributed by atoms with van der Waals surface area (Å²) in [6, 6.07) is 11.0. The second-order valence-electron chi connectivity index (χ2n) is 5.16. The summed E-state index contributed by atoms with van der Waals surface area (Å²) in [5.74, 6) is 1.71. The van der Waals surface area contributed by atoms with E-state index in [0.29, 0.717) is 17.2 Å². The van der Waals surface area contributed by atoms with Crippen molar-refractivity contribution < 1.29 is 19.0 Å². The van der Waals surface area contributed by atoms with Gasteiger partial charge < -0.3 is 19.5 Å². The third-order valence-corrected chi connectivity index (χ3v) is 3.39. The van der Waals surface area contributed by atoms with Gasteiger partial charge >= 0.3 is 0 Å². The molecule has 1 amide bonds. The van der Waals surface area contributed by atoms with Crippen molar-refractivity contribution in [2.24, 2.45) is 0 Å². The second kappa shape index (κ2) is 7.54. The predicted octanol–water partition coefficient (Wildman–Crippen LogP) is 3.34. The molecule has 0 heterocycles. The Kier molecular flexibility index (Phi) is 5.46. The normalized spacial score (nSPS) is 10.1. The van der Waals surface area contributed by atoms with E-state index in [1.54, 1.807) is 32.4 Å². The van der Waals surface area contributed by atoms with E-state index in [4.69, 9.17) is 14.2 Å². The first-order chi connectivity index (χ1) is 11.0. The molecule has 0 radical (unpaired) electrons. The lowest BCUT2D eigenvalue weighted by Crippen LogP contribution is -2.20. The van der Waals surface area contributed by atoms with Gasteiger partial charge in [-0.1, -0.05) is 18.2 Å². The number of para-hydroxylation sites is 1. The van der Waals surface area contributed by atoms with Gasteiger partial charge in [-0.3, -0.25) is 4.79 Å². The van der Waals surface area contributed by atoms with Gasteiger partial charge in [-0.2, -0.15) is 0 Å². The van der Waals surface area contributed by atoms with Crippen molar-refractivity contribution >= 4 is 11.6 Å². The van der Waals surface area contributed by atoms with Crippen LogP contribution >= 0.6 is 0 Å². The molecule has 122 valence electrons. The van der Waals surface area contributed by atoms with Crippen LogP contribution in [0.1, 0.15) is 11.1 Å². The minimum absolute atomic E-state index is 0.0643. The lowest BCUT2D eigenvalue weighted by Gasteiger charge is -2.13. The smallest absolute Gasteiger partial charge is 0.262 e. The minimum Gasteiger partial charge on any atom is -0.497 e. The summed E-state index contributed by atoms with van der Waals surface area (Å²) in [7, 11) is 3.12. The Morgan fingerprint density at radius 1 is 1.00 bits per heavy atom. The molecule has 0 unspecified atom stereocenters. The van der Waals surface area contributed by atoms with Crippen LogP contribution in [0.3, 0.4) is 0 Å². The SMILES string of the molecule is COc1cc(NC(=O)COc2c(C)cccc2C)cc(OC)c1. The molecule has 0 aromatic heterocycles. The number of hydrogen-bond donors (Lipinski definition) is 1. The maximum atomic E-state index is 12.1. The van der Waals surface area contributed by atoms with Gasteiger partial charge in [-0.15, -0.1) is 0 Å². The molecule has 0 aliphatic heterocycles. The largest absolute Gasteiger partial charge is 0.497 e. The molecule has 0 spiro atoms. The fourth-order valence-corrected chi connectivity index (χ4v) is 2.24. The highest BCUT2D eigenvalue weighted by molar-refractivity contribution is 5.92. The fourth-order valence-electron chi connectivity index (χ4n) is 2.24. The Labute approximate surface area is 136 Å². The highest BCUT2D eigenvalue weighted by Crippen LogP contribution is 2.26. The first-order valence-electron chi connectivity index (χ1n) is 7.25. The Morgan fingerprint density at radius 3 is 2.09 bits per heavy atom. The van der Waals surface area contributed by atoms with Gasteiger partial charge in [-0.25, -0.2) is 0 Å². The molecule has 5 nitrogen and oxygen atoms in total. The van der Waals surface area contributed by atoms with Crippen LogP contribution in [0.2, 0.25) is 0 Å². The first kappa shape index (κ1) is 16.7. The molecular weight excluding hydrogens is 294 g/mol. The second-order valence-corrected chi connectivity index (χ2v) is 5.16. The summed E-state index contributed by atoms with van der Waals surface area (Å²) in [4.78, 5) is 12.1. The zero-order valence-electron chi connectivity index (χ0n) is 13.8. The summed E-state index contributed by atoms with van der Waals surface area (Å²) in [5.41, 5.74) is 2.60. The van der Waals surface area contributed by atoms with E-state index in [0.717, 1.165) is 16.9 Å². The molecule has 1 N–H and O–H groups in total. The van der Waals surface area contributed by atoms with Crippen LogP contribution in [0.4, 0.5) is 5.69 Å². The fraction of sp³-hybridized carbons (Fsp3) is 0.278. The van der Waals surface area contributed by atoms with Crippen LogP contribution in [-0.2, 0) is 4.79 Å². The molecule has 0 saturated carbocycles. The van der Waals surface area contributed by atoms with E-state index < -0.39 is 0 Å². The van der Waals surface area contributed by atoms with Crippen LogP contribution in [0.15, 0.2) is 36.4 Å². The molecule has 2 aromatic carbocycles. The number of rotatable bonds is 6. The van der Waals surface area contributed by atoms with E-state index >= 15 is 0 Å². The maximum Gasteiger partial charge on any atom is 0.262 e. The molecule has 0 fully saturated rings. The standard InChI is InChI=1S/C18H21NO4/c1-12-6-5-7-13(2)18(12)23-11-17(20)19-14-8-15(21-3)10-16(9-14)22-4/h5-10H,11H2,1-4H3,(H,19,20). The quantitative estimate of drug-likeness (QED) is 0.888. The Hall–Kier alpha value is -2.69. The number of ether oxygens (including phenoxy) is 3. The third-order valence-electron chi connectivity index (χ3n) is 3.39. The van der Waals surface area contributed by atoms with Gasteiger partial charge in [-0.05, 0) is 25.0 Å². The van der Waals surface area contributed by atoms with E-state index in [1.807, 2.05) is 32.0 Å². The van der Waals surface area contributed by atoms with Crippen molar-refractivity contribution in [3.8, 4) is 17.2 Å². The number of nitrogens with one attached hydrogen (secondary N) is 1. The molecule has 0 aliphatic carbocycles. The van der Waals surface area contributed by atoms with Gasteiger partial charge in [0.15, 0.2) is 6.61 Å². The van der Waals surface area contributed by atoms with Crippen LogP contribution in [0.5, 0.6) is 17.2 Å². The highest BCUT2D eigenvalue weighted by Gasteiger charge is 2.09. The van der Waals surface area contributed by atoms with Crippen molar-refractivity contribution in [3.05, 3.63) is 47.5 Å². The van der Waals surface area contributed by atoms with Crippen molar-refractivity contribution in [3.63, 3.8) is 0 Å². The van der Waals surface area contributed by atoms with Gasteiger partial charge in [0.05, 0.1) is 14.2 Å². The molecule has 0 saturated heterocycles. The van der Waals surface area contributed by atoms with E-state index in [1.165, 1.54) is 0 Å². The Balaban J connectivity index is 2.02. The molecule has 5 heteroatoms. The average Bonchev–Trinajstić information content (AvgIpc) is 2.53. The minimum atomic E-state index is -0.247. The molecule has 23 heavy (non-hydrogen) atoms. The maximum absolute atomic E-state index is 12.1. The van der Waals surface area contributed by atoms with Crippen molar-refractivity contribution in [2.75, 3.05) is 26.1 Å². The molecule has 0 aliphatic rings. The third kappa shape index (κ3) is 4.39. The van der Waals surface area contributed by atoms with Crippen LogP contribution in [0.25, 0.3) is 0 Å². The lowest BCUT2D eigenvalue weighted by atomic mass is 10.1. The highest BCUT2D eigenvalue weighted by atomic mass is 16.5. The van der Waals surface area contributed by atoms with E-state index in [2.05, 4.69) is 5.32 Å². The molecule has 0 bridgehead atoms. The van der Waals surface area contributed by atoms with Crippen LogP contribution in [-0.4, -0.2) is 26.7 Å². The lowest BCUT2D eigenvalue weighted by molar-refractivity contribution is -0.118.